The number of para-hydroxylation sites is 2. The summed E-state index contributed by atoms with van der Waals surface area (Å²) in [5.41, 5.74) is 0.692. The molecule has 2 aromatic rings. The molecule has 134 valence electrons. The zero-order valence-electron chi connectivity index (χ0n) is 15.1. The Labute approximate surface area is 148 Å². The van der Waals surface area contributed by atoms with E-state index in [4.69, 9.17) is 14.2 Å². The van der Waals surface area contributed by atoms with Crippen LogP contribution in [0.5, 0.6) is 17.2 Å². The van der Waals surface area contributed by atoms with Crippen molar-refractivity contribution >= 4 is 11.6 Å². The second-order valence-corrected chi connectivity index (χ2v) is 6.13. The van der Waals surface area contributed by atoms with Gasteiger partial charge in [0, 0.05) is 5.69 Å². The number of hydrogen-bond acceptors (Lipinski definition) is 4. The Morgan fingerprint density at radius 1 is 1.00 bits per heavy atom. The van der Waals surface area contributed by atoms with Crippen molar-refractivity contribution in [2.75, 3.05) is 19.0 Å². The molecule has 0 aliphatic rings. The molecule has 0 aromatic heterocycles. The molecule has 1 atom stereocenters. The van der Waals surface area contributed by atoms with Crippen LogP contribution in [0.4, 0.5) is 5.69 Å². The summed E-state index contributed by atoms with van der Waals surface area (Å²) in [6.07, 6.45) is -0.659. The van der Waals surface area contributed by atoms with Gasteiger partial charge >= 0.3 is 0 Å². The van der Waals surface area contributed by atoms with E-state index in [1.54, 1.807) is 26.2 Å². The molecule has 2 aromatic carbocycles. The van der Waals surface area contributed by atoms with E-state index in [1.165, 1.54) is 0 Å². The summed E-state index contributed by atoms with van der Waals surface area (Å²) in [5, 5.41) is 2.83. The molecular formula is C20H25NO4. The average Bonchev–Trinajstić information content (AvgIpc) is 2.61. The molecule has 25 heavy (non-hydrogen) atoms. The summed E-state index contributed by atoms with van der Waals surface area (Å²) < 4.78 is 16.6. The van der Waals surface area contributed by atoms with Crippen molar-refractivity contribution in [2.24, 2.45) is 5.92 Å². The van der Waals surface area contributed by atoms with E-state index in [-0.39, 0.29) is 5.91 Å². The predicted octanol–water partition coefficient (Wildman–Crippen LogP) is 4.14. The van der Waals surface area contributed by atoms with Crippen molar-refractivity contribution in [2.45, 2.75) is 26.9 Å². The van der Waals surface area contributed by atoms with E-state index >= 15 is 0 Å². The summed E-state index contributed by atoms with van der Waals surface area (Å²) in [5.74, 6) is 2.14. The van der Waals surface area contributed by atoms with Gasteiger partial charge in [-0.1, -0.05) is 26.0 Å². The van der Waals surface area contributed by atoms with Crippen LogP contribution in [-0.2, 0) is 4.79 Å². The monoisotopic (exact) mass is 343 g/mol. The van der Waals surface area contributed by atoms with Gasteiger partial charge in [-0.25, -0.2) is 0 Å². The fraction of sp³-hybridized carbons (Fsp3) is 0.350. The van der Waals surface area contributed by atoms with Gasteiger partial charge in [0.2, 0.25) is 0 Å². The number of carbonyl (C=O) groups excluding carboxylic acids is 1. The van der Waals surface area contributed by atoms with Crippen LogP contribution in [0.15, 0.2) is 48.5 Å². The van der Waals surface area contributed by atoms with Gasteiger partial charge in [0.25, 0.3) is 5.91 Å². The maximum absolute atomic E-state index is 12.3. The summed E-state index contributed by atoms with van der Waals surface area (Å²) in [6.45, 7) is 6.55. The van der Waals surface area contributed by atoms with E-state index < -0.39 is 6.10 Å². The van der Waals surface area contributed by atoms with Gasteiger partial charge in [0.05, 0.1) is 13.7 Å². The van der Waals surface area contributed by atoms with Crippen LogP contribution < -0.4 is 19.5 Å². The second-order valence-electron chi connectivity index (χ2n) is 6.13. The highest BCUT2D eigenvalue weighted by Gasteiger charge is 2.16. The Bertz CT molecular complexity index is 682. The first kappa shape index (κ1) is 18.6. The van der Waals surface area contributed by atoms with Gasteiger partial charge in [0.1, 0.15) is 5.75 Å². The van der Waals surface area contributed by atoms with Crippen LogP contribution in [-0.4, -0.2) is 25.7 Å². The molecule has 1 N–H and O–H groups in total. The zero-order chi connectivity index (χ0) is 18.2. The van der Waals surface area contributed by atoms with Crippen molar-refractivity contribution in [1.82, 2.24) is 0 Å². The largest absolute Gasteiger partial charge is 0.493 e. The lowest BCUT2D eigenvalue weighted by molar-refractivity contribution is -0.122. The normalized spacial score (nSPS) is 11.7. The number of nitrogens with one attached hydrogen (secondary N) is 1. The number of amides is 1. The lowest BCUT2D eigenvalue weighted by Gasteiger charge is -2.16. The summed E-state index contributed by atoms with van der Waals surface area (Å²) in [4.78, 5) is 12.3. The van der Waals surface area contributed by atoms with E-state index in [0.717, 1.165) is 5.75 Å². The van der Waals surface area contributed by atoms with Crippen LogP contribution in [0.3, 0.4) is 0 Å². The molecule has 0 spiro atoms. The quantitative estimate of drug-likeness (QED) is 0.783. The van der Waals surface area contributed by atoms with Crippen molar-refractivity contribution < 1.29 is 19.0 Å². The third kappa shape index (κ3) is 5.71. The van der Waals surface area contributed by atoms with Crippen molar-refractivity contribution in [3.05, 3.63) is 48.5 Å². The molecule has 0 radical (unpaired) electrons. The van der Waals surface area contributed by atoms with E-state index in [0.29, 0.717) is 29.7 Å². The fourth-order valence-corrected chi connectivity index (χ4v) is 2.10. The molecule has 5 heteroatoms. The molecule has 0 saturated carbocycles. The molecule has 0 saturated heterocycles. The van der Waals surface area contributed by atoms with E-state index in [2.05, 4.69) is 19.2 Å². The molecule has 0 heterocycles. The molecule has 0 unspecified atom stereocenters. The highest BCUT2D eigenvalue weighted by atomic mass is 16.5. The van der Waals surface area contributed by atoms with Gasteiger partial charge in [-0.15, -0.1) is 0 Å². The molecule has 2 rings (SSSR count). The van der Waals surface area contributed by atoms with Crippen molar-refractivity contribution in [1.29, 1.82) is 0 Å². The van der Waals surface area contributed by atoms with Crippen LogP contribution in [0, 0.1) is 5.92 Å². The van der Waals surface area contributed by atoms with Crippen LogP contribution >= 0.6 is 0 Å². The highest BCUT2D eigenvalue weighted by Crippen LogP contribution is 2.27. The molecule has 1 amide bonds. The summed E-state index contributed by atoms with van der Waals surface area (Å²) in [7, 11) is 1.57. The number of ether oxygens (including phenoxy) is 3. The third-order valence-corrected chi connectivity index (χ3v) is 3.45. The number of hydrogen-bond donors (Lipinski definition) is 1. The first-order valence-electron chi connectivity index (χ1n) is 8.33. The minimum atomic E-state index is -0.659. The Hall–Kier alpha value is -2.69. The number of benzene rings is 2. The Balaban J connectivity index is 1.92. The first-order valence-corrected chi connectivity index (χ1v) is 8.33. The first-order chi connectivity index (χ1) is 12.0. The lowest BCUT2D eigenvalue weighted by Crippen LogP contribution is -2.30. The van der Waals surface area contributed by atoms with Gasteiger partial charge in [-0.3, -0.25) is 4.79 Å². The smallest absolute Gasteiger partial charge is 0.265 e. The second kappa shape index (κ2) is 8.97. The number of anilines is 1. The third-order valence-electron chi connectivity index (χ3n) is 3.45. The van der Waals surface area contributed by atoms with Gasteiger partial charge in [-0.2, -0.15) is 0 Å². The summed E-state index contributed by atoms with van der Waals surface area (Å²) in [6, 6.07) is 14.5. The average molecular weight is 343 g/mol. The van der Waals surface area contributed by atoms with Crippen LogP contribution in [0.2, 0.25) is 0 Å². The maximum atomic E-state index is 12.3. The molecule has 5 nitrogen and oxygen atoms in total. The topological polar surface area (TPSA) is 56.8 Å². The zero-order valence-corrected chi connectivity index (χ0v) is 15.1. The maximum Gasteiger partial charge on any atom is 0.265 e. The summed E-state index contributed by atoms with van der Waals surface area (Å²) >= 11 is 0. The minimum Gasteiger partial charge on any atom is -0.493 e. The predicted molar refractivity (Wildman–Crippen MR) is 98.5 cm³/mol. The SMILES string of the molecule is COc1ccccc1O[C@H](C)C(=O)Nc1ccc(OCC(C)C)cc1. The van der Waals surface area contributed by atoms with Gasteiger partial charge in [-0.05, 0) is 49.2 Å². The fourth-order valence-electron chi connectivity index (χ4n) is 2.10. The van der Waals surface area contributed by atoms with Crippen LogP contribution in [0.1, 0.15) is 20.8 Å². The standard InChI is InChI=1S/C20H25NO4/c1-14(2)13-24-17-11-9-16(10-12-17)21-20(22)15(3)25-19-8-6-5-7-18(19)23-4/h5-12,14-15H,13H2,1-4H3,(H,21,22)/t15-/m1/s1. The van der Waals surface area contributed by atoms with Crippen molar-refractivity contribution in [3.63, 3.8) is 0 Å². The Morgan fingerprint density at radius 2 is 1.64 bits per heavy atom. The van der Waals surface area contributed by atoms with Crippen LogP contribution in [0.25, 0.3) is 0 Å². The highest BCUT2D eigenvalue weighted by molar-refractivity contribution is 5.94. The Kier molecular flexibility index (Phi) is 6.69. The van der Waals surface area contributed by atoms with Gasteiger partial charge in [0.15, 0.2) is 17.6 Å². The Morgan fingerprint density at radius 3 is 2.24 bits per heavy atom. The number of rotatable bonds is 8. The van der Waals surface area contributed by atoms with E-state index in [9.17, 15) is 4.79 Å². The van der Waals surface area contributed by atoms with E-state index in [1.807, 2.05) is 36.4 Å². The minimum absolute atomic E-state index is 0.234. The molecule has 0 aliphatic carbocycles. The molecule has 0 fully saturated rings. The lowest BCUT2D eigenvalue weighted by atomic mass is 10.2. The van der Waals surface area contributed by atoms with Gasteiger partial charge < -0.3 is 19.5 Å². The molecular weight excluding hydrogens is 318 g/mol. The van der Waals surface area contributed by atoms with Crippen molar-refractivity contribution in [3.8, 4) is 17.2 Å². The molecule has 0 bridgehead atoms. The number of carbonyl (C=O) groups is 1. The molecule has 0 aliphatic heterocycles. The number of methoxy groups -OCH3 is 1.